The van der Waals surface area contributed by atoms with Crippen LogP contribution in [0.1, 0.15) is 22.8 Å². The van der Waals surface area contributed by atoms with E-state index in [9.17, 15) is 14.0 Å². The molecule has 0 radical (unpaired) electrons. The monoisotopic (exact) mass is 446 g/mol. The quantitative estimate of drug-likeness (QED) is 0.543. The summed E-state index contributed by atoms with van der Waals surface area (Å²) >= 11 is 0. The molecule has 4 rings (SSSR count). The van der Waals surface area contributed by atoms with Gasteiger partial charge in [-0.2, -0.15) is 0 Å². The van der Waals surface area contributed by atoms with E-state index in [0.717, 1.165) is 24.2 Å². The molecule has 3 aromatic rings. The van der Waals surface area contributed by atoms with Crippen molar-refractivity contribution in [2.45, 2.75) is 13.5 Å². The van der Waals surface area contributed by atoms with Gasteiger partial charge in [-0.3, -0.25) is 14.7 Å². The van der Waals surface area contributed by atoms with Crippen molar-refractivity contribution in [2.24, 2.45) is 0 Å². The fraction of sp³-hybridized carbons (Fsp3) is 0.269. The highest BCUT2D eigenvalue weighted by atomic mass is 19.1. The number of urea groups is 1. The van der Waals surface area contributed by atoms with Gasteiger partial charge in [0, 0.05) is 55.4 Å². The summed E-state index contributed by atoms with van der Waals surface area (Å²) < 4.78 is 14.8. The van der Waals surface area contributed by atoms with Gasteiger partial charge in [0.15, 0.2) is 5.78 Å². The number of anilines is 1. The van der Waals surface area contributed by atoms with E-state index < -0.39 is 5.82 Å². The highest BCUT2D eigenvalue weighted by molar-refractivity contribution is 5.94. The first-order valence-corrected chi connectivity index (χ1v) is 11.0. The SMILES string of the molecule is CC(=O)c1ccc(CN(C(=O)N2CCN(C)CC2)c2ccc(-c3cccnc3)cc2)c(F)c1. The Kier molecular flexibility index (Phi) is 6.79. The Morgan fingerprint density at radius 3 is 2.33 bits per heavy atom. The topological polar surface area (TPSA) is 56.8 Å². The second kappa shape index (κ2) is 9.92. The Labute approximate surface area is 193 Å². The molecule has 33 heavy (non-hydrogen) atoms. The summed E-state index contributed by atoms with van der Waals surface area (Å²) in [4.78, 5) is 34.8. The number of hydrogen-bond donors (Lipinski definition) is 0. The highest BCUT2D eigenvalue weighted by Crippen LogP contribution is 2.26. The molecule has 0 bridgehead atoms. The number of pyridine rings is 1. The third-order valence-electron chi connectivity index (χ3n) is 5.97. The van der Waals surface area contributed by atoms with E-state index in [0.29, 0.717) is 29.9 Å². The fourth-order valence-corrected chi connectivity index (χ4v) is 3.87. The Morgan fingerprint density at radius 1 is 1.00 bits per heavy atom. The van der Waals surface area contributed by atoms with Crippen LogP contribution in [0, 0.1) is 5.82 Å². The fourth-order valence-electron chi connectivity index (χ4n) is 3.87. The van der Waals surface area contributed by atoms with Crippen LogP contribution in [0.2, 0.25) is 0 Å². The molecule has 1 aromatic heterocycles. The number of benzene rings is 2. The van der Waals surface area contributed by atoms with E-state index in [4.69, 9.17) is 0 Å². The zero-order chi connectivity index (χ0) is 23.4. The van der Waals surface area contributed by atoms with Gasteiger partial charge in [-0.25, -0.2) is 9.18 Å². The van der Waals surface area contributed by atoms with Crippen molar-refractivity contribution in [3.63, 3.8) is 0 Å². The van der Waals surface area contributed by atoms with Gasteiger partial charge in [0.25, 0.3) is 0 Å². The number of likely N-dealkylation sites (N-methyl/N-ethyl adjacent to an activating group) is 1. The van der Waals surface area contributed by atoms with Gasteiger partial charge in [0.1, 0.15) is 5.82 Å². The molecule has 0 spiro atoms. The van der Waals surface area contributed by atoms with Gasteiger partial charge in [-0.15, -0.1) is 0 Å². The van der Waals surface area contributed by atoms with Crippen molar-refractivity contribution in [3.8, 4) is 11.1 Å². The van der Waals surface area contributed by atoms with Crippen LogP contribution < -0.4 is 4.90 Å². The van der Waals surface area contributed by atoms with Crippen molar-refractivity contribution >= 4 is 17.5 Å². The molecule has 2 aromatic carbocycles. The summed E-state index contributed by atoms with van der Waals surface area (Å²) in [5, 5.41) is 0. The summed E-state index contributed by atoms with van der Waals surface area (Å²) in [7, 11) is 2.03. The zero-order valence-electron chi connectivity index (χ0n) is 18.9. The Bertz CT molecular complexity index is 1130. The molecule has 6 nitrogen and oxygen atoms in total. The Balaban J connectivity index is 1.64. The van der Waals surface area contributed by atoms with Crippen LogP contribution in [0.5, 0.6) is 0 Å². The molecule has 2 amide bonds. The lowest BCUT2D eigenvalue weighted by Gasteiger charge is -2.36. The summed E-state index contributed by atoms with van der Waals surface area (Å²) in [6.07, 6.45) is 3.51. The number of Topliss-reactive ketones (excluding diaryl/α,β-unsaturated/α-hetero) is 1. The normalized spacial score (nSPS) is 14.2. The minimum Gasteiger partial charge on any atom is -0.322 e. The van der Waals surface area contributed by atoms with Gasteiger partial charge in [0.05, 0.1) is 6.54 Å². The van der Waals surface area contributed by atoms with Gasteiger partial charge in [-0.05, 0) is 49.4 Å². The van der Waals surface area contributed by atoms with E-state index in [1.165, 1.54) is 13.0 Å². The van der Waals surface area contributed by atoms with Crippen LogP contribution in [-0.4, -0.2) is 59.8 Å². The third-order valence-corrected chi connectivity index (χ3v) is 5.97. The number of carbonyl (C=O) groups excluding carboxylic acids is 2. The Hall–Kier alpha value is -3.58. The standard InChI is InChI=1S/C26H27FN4O2/c1-19(32)21-5-6-23(25(27)16-21)18-31(26(33)30-14-12-29(2)13-15-30)24-9-7-20(8-10-24)22-4-3-11-28-17-22/h3-11,16-17H,12-15,18H2,1-2H3. The minimum absolute atomic E-state index is 0.0709. The molecular formula is C26H27FN4O2. The van der Waals surface area contributed by atoms with E-state index in [1.807, 2.05) is 43.4 Å². The van der Waals surface area contributed by atoms with Crippen LogP contribution in [0.15, 0.2) is 67.0 Å². The van der Waals surface area contributed by atoms with Crippen LogP contribution >= 0.6 is 0 Å². The summed E-state index contributed by atoms with van der Waals surface area (Å²) in [5.41, 5.74) is 3.32. The van der Waals surface area contributed by atoms with Gasteiger partial charge in [-0.1, -0.05) is 30.3 Å². The number of carbonyl (C=O) groups is 2. The molecule has 1 aliphatic heterocycles. The molecule has 0 aliphatic carbocycles. The number of hydrogen-bond acceptors (Lipinski definition) is 4. The van der Waals surface area contributed by atoms with Gasteiger partial charge >= 0.3 is 6.03 Å². The largest absolute Gasteiger partial charge is 0.324 e. The van der Waals surface area contributed by atoms with Crippen molar-refractivity contribution in [3.05, 3.63) is 83.9 Å². The van der Waals surface area contributed by atoms with Crippen molar-refractivity contribution in [1.29, 1.82) is 0 Å². The predicted octanol–water partition coefficient (Wildman–Crippen LogP) is 4.46. The smallest absolute Gasteiger partial charge is 0.322 e. The van der Waals surface area contributed by atoms with Crippen molar-refractivity contribution in [1.82, 2.24) is 14.8 Å². The zero-order valence-corrected chi connectivity index (χ0v) is 18.9. The first-order valence-electron chi connectivity index (χ1n) is 11.0. The Morgan fingerprint density at radius 2 is 1.73 bits per heavy atom. The number of amides is 2. The number of halogens is 1. The molecule has 7 heteroatoms. The van der Waals surface area contributed by atoms with Crippen LogP contribution in [-0.2, 0) is 6.54 Å². The predicted molar refractivity (Wildman–Crippen MR) is 127 cm³/mol. The van der Waals surface area contributed by atoms with Crippen molar-refractivity contribution < 1.29 is 14.0 Å². The lowest BCUT2D eigenvalue weighted by Crippen LogP contribution is -2.52. The average molecular weight is 447 g/mol. The number of nitrogens with zero attached hydrogens (tertiary/aromatic N) is 4. The van der Waals surface area contributed by atoms with Crippen LogP contribution in [0.3, 0.4) is 0 Å². The molecule has 0 unspecified atom stereocenters. The molecule has 1 aliphatic rings. The van der Waals surface area contributed by atoms with Gasteiger partial charge < -0.3 is 9.80 Å². The first kappa shape index (κ1) is 22.6. The molecular weight excluding hydrogens is 419 g/mol. The summed E-state index contributed by atoms with van der Waals surface area (Å²) in [6.45, 7) is 4.29. The molecule has 0 atom stereocenters. The maximum atomic E-state index is 14.8. The lowest BCUT2D eigenvalue weighted by atomic mass is 10.1. The van der Waals surface area contributed by atoms with Crippen molar-refractivity contribution in [2.75, 3.05) is 38.1 Å². The lowest BCUT2D eigenvalue weighted by molar-refractivity contribution is 0.101. The molecule has 0 N–H and O–H groups in total. The second-order valence-corrected chi connectivity index (χ2v) is 8.31. The van der Waals surface area contributed by atoms with E-state index in [2.05, 4.69) is 9.88 Å². The average Bonchev–Trinajstić information content (AvgIpc) is 2.84. The highest BCUT2D eigenvalue weighted by Gasteiger charge is 2.26. The maximum absolute atomic E-state index is 14.8. The van der Waals surface area contributed by atoms with Crippen LogP contribution in [0.4, 0.5) is 14.9 Å². The first-order chi connectivity index (χ1) is 15.9. The second-order valence-electron chi connectivity index (χ2n) is 8.31. The summed E-state index contributed by atoms with van der Waals surface area (Å²) in [5.74, 6) is -0.692. The molecule has 2 heterocycles. The van der Waals surface area contributed by atoms with E-state index in [-0.39, 0.29) is 18.4 Å². The van der Waals surface area contributed by atoms with Gasteiger partial charge in [0.2, 0.25) is 0 Å². The molecule has 170 valence electrons. The minimum atomic E-state index is -0.495. The van der Waals surface area contributed by atoms with E-state index >= 15 is 0 Å². The maximum Gasteiger partial charge on any atom is 0.324 e. The number of rotatable bonds is 5. The number of ketones is 1. The molecule has 1 saturated heterocycles. The van der Waals surface area contributed by atoms with E-state index in [1.54, 1.807) is 34.3 Å². The number of aromatic nitrogens is 1. The molecule has 1 fully saturated rings. The molecule has 0 saturated carbocycles. The third kappa shape index (κ3) is 5.26. The number of piperazine rings is 1. The van der Waals surface area contributed by atoms with Crippen LogP contribution in [0.25, 0.3) is 11.1 Å². The summed E-state index contributed by atoms with van der Waals surface area (Å²) in [6, 6.07) is 15.7.